The zero-order valence-electron chi connectivity index (χ0n) is 11.7. The van der Waals surface area contributed by atoms with Crippen molar-refractivity contribution in [2.75, 3.05) is 0 Å². The molecule has 0 atom stereocenters. The van der Waals surface area contributed by atoms with Gasteiger partial charge in [-0.15, -0.1) is 0 Å². The molecule has 1 aliphatic carbocycles. The lowest BCUT2D eigenvalue weighted by Crippen LogP contribution is -1.94. The molecule has 1 aromatic rings. The number of carbonyl (C=O) groups is 1. The summed E-state index contributed by atoms with van der Waals surface area (Å²) in [4.78, 5) is 12.0. The third kappa shape index (κ3) is 3.92. The second-order valence-corrected chi connectivity index (χ2v) is 5.15. The van der Waals surface area contributed by atoms with E-state index in [0.29, 0.717) is 6.42 Å². The van der Waals surface area contributed by atoms with E-state index in [1.54, 1.807) is 0 Å². The topological polar surface area (TPSA) is 17.1 Å². The lowest BCUT2D eigenvalue weighted by Gasteiger charge is -1.98. The summed E-state index contributed by atoms with van der Waals surface area (Å²) in [6, 6.07) is 9.96. The van der Waals surface area contributed by atoms with Gasteiger partial charge in [-0.25, -0.2) is 0 Å². The van der Waals surface area contributed by atoms with E-state index in [2.05, 4.69) is 19.1 Å². The Morgan fingerprint density at radius 1 is 1.11 bits per heavy atom. The molecular formula is C18H22O. The molecule has 0 amide bonds. The minimum atomic E-state index is 0.256. The first-order valence-corrected chi connectivity index (χ1v) is 7.30. The molecule has 1 nitrogen and oxygen atoms in total. The Bertz CT molecular complexity index is 480. The Hall–Kier alpha value is -1.63. The molecule has 0 aliphatic heterocycles. The summed E-state index contributed by atoms with van der Waals surface area (Å²) in [6.45, 7) is 2.23. The van der Waals surface area contributed by atoms with Crippen LogP contribution < -0.4 is 0 Å². The van der Waals surface area contributed by atoms with Crippen LogP contribution >= 0.6 is 0 Å². The summed E-state index contributed by atoms with van der Waals surface area (Å²) in [5, 5.41) is 0. The van der Waals surface area contributed by atoms with Gasteiger partial charge in [-0.1, -0.05) is 62.6 Å². The number of hydrogen-bond donors (Lipinski definition) is 0. The van der Waals surface area contributed by atoms with Gasteiger partial charge in [0.1, 0.15) is 0 Å². The molecule has 1 aliphatic rings. The maximum absolute atomic E-state index is 12.0. The SMILES string of the molecule is CCCCCC/C=C1/C=C(c2ccccc2)C(=O)C1. The van der Waals surface area contributed by atoms with Crippen molar-refractivity contribution >= 4 is 11.4 Å². The van der Waals surface area contributed by atoms with Crippen LogP contribution in [0.4, 0.5) is 0 Å². The maximum Gasteiger partial charge on any atom is 0.167 e. The molecule has 0 saturated carbocycles. The van der Waals surface area contributed by atoms with Gasteiger partial charge in [0, 0.05) is 12.0 Å². The van der Waals surface area contributed by atoms with Gasteiger partial charge in [0.05, 0.1) is 0 Å². The van der Waals surface area contributed by atoms with Crippen LogP contribution in [-0.4, -0.2) is 5.78 Å². The van der Waals surface area contributed by atoms with Crippen LogP contribution in [0, 0.1) is 0 Å². The highest BCUT2D eigenvalue weighted by atomic mass is 16.1. The van der Waals surface area contributed by atoms with E-state index in [9.17, 15) is 4.79 Å². The lowest BCUT2D eigenvalue weighted by atomic mass is 10.1. The van der Waals surface area contributed by atoms with E-state index in [-0.39, 0.29) is 5.78 Å². The molecule has 0 saturated heterocycles. The number of ketones is 1. The molecule has 0 N–H and O–H groups in total. The smallest absolute Gasteiger partial charge is 0.167 e. The normalized spacial score (nSPS) is 17.0. The third-order valence-electron chi connectivity index (χ3n) is 3.54. The molecule has 2 rings (SSSR count). The fourth-order valence-electron chi connectivity index (χ4n) is 2.45. The van der Waals surface area contributed by atoms with Gasteiger partial charge in [0.15, 0.2) is 5.78 Å². The van der Waals surface area contributed by atoms with Crippen molar-refractivity contribution in [2.45, 2.75) is 45.4 Å². The van der Waals surface area contributed by atoms with Gasteiger partial charge in [-0.2, -0.15) is 0 Å². The van der Waals surface area contributed by atoms with Crippen LogP contribution in [0.3, 0.4) is 0 Å². The minimum Gasteiger partial charge on any atom is -0.294 e. The molecule has 0 bridgehead atoms. The Balaban J connectivity index is 1.97. The fraction of sp³-hybridized carbons (Fsp3) is 0.389. The van der Waals surface area contributed by atoms with Crippen LogP contribution in [0.15, 0.2) is 48.1 Å². The second kappa shape index (κ2) is 7.08. The summed E-state index contributed by atoms with van der Waals surface area (Å²) in [5.41, 5.74) is 3.11. The van der Waals surface area contributed by atoms with Crippen molar-refractivity contribution in [1.82, 2.24) is 0 Å². The predicted molar refractivity (Wildman–Crippen MR) is 80.9 cm³/mol. The van der Waals surface area contributed by atoms with E-state index >= 15 is 0 Å². The number of Topliss-reactive ketones (excluding diaryl/α,β-unsaturated/α-hetero) is 1. The van der Waals surface area contributed by atoms with Gasteiger partial charge in [0.25, 0.3) is 0 Å². The van der Waals surface area contributed by atoms with Crippen molar-refractivity contribution in [3.63, 3.8) is 0 Å². The van der Waals surface area contributed by atoms with Crippen molar-refractivity contribution in [3.05, 3.63) is 53.6 Å². The lowest BCUT2D eigenvalue weighted by molar-refractivity contribution is -0.112. The van der Waals surface area contributed by atoms with Gasteiger partial charge < -0.3 is 0 Å². The first-order chi connectivity index (χ1) is 9.31. The van der Waals surface area contributed by atoms with E-state index < -0.39 is 0 Å². The summed E-state index contributed by atoms with van der Waals surface area (Å²) in [6.07, 6.45) is 11.1. The van der Waals surface area contributed by atoms with E-state index in [0.717, 1.165) is 17.6 Å². The molecule has 100 valence electrons. The average Bonchev–Trinajstić information content (AvgIpc) is 2.81. The molecule has 1 aromatic carbocycles. The number of allylic oxidation sites excluding steroid dienone is 4. The zero-order chi connectivity index (χ0) is 13.5. The molecular weight excluding hydrogens is 232 g/mol. The number of unbranched alkanes of at least 4 members (excludes halogenated alkanes) is 4. The third-order valence-corrected chi connectivity index (χ3v) is 3.54. The molecule has 1 heteroatoms. The van der Waals surface area contributed by atoms with Gasteiger partial charge in [-0.05, 0) is 30.1 Å². The predicted octanol–water partition coefficient (Wildman–Crippen LogP) is 4.94. The molecule has 0 radical (unpaired) electrons. The minimum absolute atomic E-state index is 0.256. The van der Waals surface area contributed by atoms with Crippen molar-refractivity contribution in [3.8, 4) is 0 Å². The standard InChI is InChI=1S/C18H22O/c1-2-3-4-5-7-10-15-13-17(18(19)14-15)16-11-8-6-9-12-16/h6,8-13H,2-5,7,14H2,1H3/b15-10-. The molecule has 0 aromatic heterocycles. The Kier molecular flexibility index (Phi) is 5.14. The van der Waals surface area contributed by atoms with E-state index in [1.807, 2.05) is 30.3 Å². The van der Waals surface area contributed by atoms with Crippen LogP contribution in [0.25, 0.3) is 5.57 Å². The van der Waals surface area contributed by atoms with Crippen molar-refractivity contribution in [2.24, 2.45) is 0 Å². The highest BCUT2D eigenvalue weighted by Crippen LogP contribution is 2.28. The molecule has 0 unspecified atom stereocenters. The average molecular weight is 254 g/mol. The highest BCUT2D eigenvalue weighted by Gasteiger charge is 2.19. The van der Waals surface area contributed by atoms with Crippen LogP contribution in [-0.2, 0) is 4.79 Å². The van der Waals surface area contributed by atoms with E-state index in [1.165, 1.54) is 31.3 Å². The fourth-order valence-corrected chi connectivity index (χ4v) is 2.45. The van der Waals surface area contributed by atoms with Gasteiger partial charge in [0.2, 0.25) is 0 Å². The van der Waals surface area contributed by atoms with Crippen molar-refractivity contribution in [1.29, 1.82) is 0 Å². The molecule has 0 heterocycles. The summed E-state index contributed by atoms with van der Waals surface area (Å²) in [7, 11) is 0. The highest BCUT2D eigenvalue weighted by molar-refractivity contribution is 6.24. The van der Waals surface area contributed by atoms with E-state index in [4.69, 9.17) is 0 Å². The van der Waals surface area contributed by atoms with Crippen LogP contribution in [0.1, 0.15) is 51.0 Å². The van der Waals surface area contributed by atoms with Gasteiger partial charge in [-0.3, -0.25) is 4.79 Å². The summed E-state index contributed by atoms with van der Waals surface area (Å²) >= 11 is 0. The van der Waals surface area contributed by atoms with Crippen molar-refractivity contribution < 1.29 is 4.79 Å². The Labute approximate surface area is 116 Å². The molecule has 19 heavy (non-hydrogen) atoms. The van der Waals surface area contributed by atoms with Crippen LogP contribution in [0.5, 0.6) is 0 Å². The van der Waals surface area contributed by atoms with Crippen LogP contribution in [0.2, 0.25) is 0 Å². The summed E-state index contributed by atoms with van der Waals surface area (Å²) < 4.78 is 0. The summed E-state index contributed by atoms with van der Waals surface area (Å²) in [5.74, 6) is 0.256. The molecule has 0 fully saturated rings. The first kappa shape index (κ1) is 13.8. The molecule has 0 spiro atoms. The quantitative estimate of drug-likeness (QED) is 0.657. The number of benzene rings is 1. The maximum atomic E-state index is 12.0. The number of carbonyl (C=O) groups excluding carboxylic acids is 1. The second-order valence-electron chi connectivity index (χ2n) is 5.15. The number of hydrogen-bond acceptors (Lipinski definition) is 1. The largest absolute Gasteiger partial charge is 0.294 e. The monoisotopic (exact) mass is 254 g/mol. The Morgan fingerprint density at radius 3 is 2.63 bits per heavy atom. The number of rotatable bonds is 6. The first-order valence-electron chi connectivity index (χ1n) is 7.30. The van der Waals surface area contributed by atoms with Gasteiger partial charge >= 0.3 is 0 Å². The zero-order valence-corrected chi connectivity index (χ0v) is 11.7. The Morgan fingerprint density at radius 2 is 1.89 bits per heavy atom.